The van der Waals surface area contributed by atoms with Crippen LogP contribution in [0, 0.1) is 0 Å². The first kappa shape index (κ1) is 18.2. The monoisotopic (exact) mass is 457 g/mol. The van der Waals surface area contributed by atoms with Crippen molar-refractivity contribution in [3.8, 4) is 0 Å². The summed E-state index contributed by atoms with van der Waals surface area (Å²) in [5.74, 6) is 0. The molecule has 0 fully saturated rings. The van der Waals surface area contributed by atoms with Gasteiger partial charge in [-0.05, 0) is 45.6 Å². The highest BCUT2D eigenvalue weighted by atomic mass is 79.9. The van der Waals surface area contributed by atoms with Crippen LogP contribution in [0.4, 0.5) is 0 Å². The number of aromatic nitrogens is 1. The lowest BCUT2D eigenvalue weighted by atomic mass is 10.1. The van der Waals surface area contributed by atoms with E-state index in [2.05, 4.69) is 20.9 Å². The Hall–Kier alpha value is -2.21. The number of halogens is 2. The molecule has 0 amide bonds. The summed E-state index contributed by atoms with van der Waals surface area (Å²) in [6, 6.07) is 22.0. The minimum absolute atomic E-state index is 0.0324. The maximum atomic E-state index is 12.7. The fourth-order valence-electron chi connectivity index (χ4n) is 2.92. The average Bonchev–Trinajstić information content (AvgIpc) is 2.69. The first-order chi connectivity index (χ1) is 13.0. The molecule has 1 aromatic heterocycles. The van der Waals surface area contributed by atoms with Gasteiger partial charge in [0.2, 0.25) is 9.84 Å². The lowest BCUT2D eigenvalue weighted by Crippen LogP contribution is -2.00. The van der Waals surface area contributed by atoms with E-state index in [1.807, 2.05) is 42.5 Å². The molecule has 0 unspecified atom stereocenters. The van der Waals surface area contributed by atoms with Crippen LogP contribution in [0.2, 0.25) is 5.15 Å². The Morgan fingerprint density at radius 1 is 0.926 bits per heavy atom. The molecule has 0 atom stereocenters. The minimum Gasteiger partial charge on any atom is -0.235 e. The molecule has 6 heteroatoms. The van der Waals surface area contributed by atoms with Gasteiger partial charge in [-0.15, -0.1) is 0 Å². The molecule has 0 spiro atoms. The third kappa shape index (κ3) is 3.38. The summed E-state index contributed by atoms with van der Waals surface area (Å²) < 4.78 is 25.4. The van der Waals surface area contributed by atoms with Gasteiger partial charge in [-0.1, -0.05) is 66.2 Å². The summed E-state index contributed by atoms with van der Waals surface area (Å²) in [4.78, 5) is 4.73. The van der Waals surface area contributed by atoms with Gasteiger partial charge in [-0.2, -0.15) is 0 Å². The van der Waals surface area contributed by atoms with E-state index in [0.29, 0.717) is 5.56 Å². The van der Waals surface area contributed by atoms with Crippen molar-refractivity contribution in [2.45, 2.75) is 4.90 Å². The van der Waals surface area contributed by atoms with Crippen LogP contribution in [-0.2, 0) is 9.84 Å². The number of fused-ring (bicyclic) bond motifs is 3. The van der Waals surface area contributed by atoms with E-state index in [1.54, 1.807) is 30.3 Å². The van der Waals surface area contributed by atoms with Gasteiger partial charge in [0.1, 0.15) is 8.97 Å². The second kappa shape index (κ2) is 7.08. The molecule has 0 bridgehead atoms. The molecular formula is C21H13BrClNO2S. The van der Waals surface area contributed by atoms with E-state index in [9.17, 15) is 8.42 Å². The lowest BCUT2D eigenvalue weighted by molar-refractivity contribution is 0.604. The van der Waals surface area contributed by atoms with Gasteiger partial charge < -0.3 is 0 Å². The average molecular weight is 459 g/mol. The van der Waals surface area contributed by atoms with Gasteiger partial charge in [0.15, 0.2) is 0 Å². The van der Waals surface area contributed by atoms with E-state index in [4.69, 9.17) is 11.6 Å². The zero-order valence-corrected chi connectivity index (χ0v) is 17.1. The van der Waals surface area contributed by atoms with Crippen LogP contribution in [0.25, 0.3) is 27.8 Å². The molecule has 0 saturated heterocycles. The van der Waals surface area contributed by atoms with Crippen molar-refractivity contribution in [1.82, 2.24) is 4.98 Å². The second-order valence-corrected chi connectivity index (χ2v) is 9.65. The summed E-state index contributed by atoms with van der Waals surface area (Å²) >= 11 is 9.57. The van der Waals surface area contributed by atoms with Gasteiger partial charge in [-0.25, -0.2) is 13.4 Å². The van der Waals surface area contributed by atoms with Crippen LogP contribution in [0.1, 0.15) is 5.56 Å². The Labute approximate surface area is 170 Å². The van der Waals surface area contributed by atoms with E-state index in [0.717, 1.165) is 21.7 Å². The highest BCUT2D eigenvalue weighted by Gasteiger charge is 2.19. The molecule has 4 aromatic rings. The molecule has 27 heavy (non-hydrogen) atoms. The maximum Gasteiger partial charge on any atom is 0.213 e. The summed E-state index contributed by atoms with van der Waals surface area (Å²) in [5.41, 5.74) is 1.32. The summed E-state index contributed by atoms with van der Waals surface area (Å²) in [6.07, 6.45) is 1.49. The number of rotatable bonds is 3. The number of nitrogens with zero attached hydrogens (tertiary/aromatic N) is 1. The van der Waals surface area contributed by atoms with Crippen molar-refractivity contribution in [2.24, 2.45) is 0 Å². The van der Waals surface area contributed by atoms with Crippen LogP contribution in [0.15, 0.2) is 81.5 Å². The molecule has 134 valence electrons. The van der Waals surface area contributed by atoms with E-state index in [-0.39, 0.29) is 13.9 Å². The first-order valence-corrected chi connectivity index (χ1v) is 10.8. The molecule has 0 aliphatic rings. The molecular weight excluding hydrogens is 446 g/mol. The molecule has 0 aliphatic heterocycles. The fourth-order valence-corrected chi connectivity index (χ4v) is 4.94. The SMILES string of the molecule is O=S(=O)(/C(Br)=C/c1cc2ccc3ccccc3c2nc1Cl)c1ccccc1. The van der Waals surface area contributed by atoms with Crippen LogP contribution in [0.5, 0.6) is 0 Å². The third-order valence-electron chi connectivity index (χ3n) is 4.27. The van der Waals surface area contributed by atoms with Crippen LogP contribution in [0.3, 0.4) is 0 Å². The topological polar surface area (TPSA) is 47.0 Å². The summed E-state index contributed by atoms with van der Waals surface area (Å²) in [7, 11) is -3.65. The zero-order valence-electron chi connectivity index (χ0n) is 13.9. The molecule has 1 heterocycles. The normalized spacial score (nSPS) is 12.6. The Kier molecular flexibility index (Phi) is 4.76. The highest BCUT2D eigenvalue weighted by molar-refractivity contribution is 9.13. The van der Waals surface area contributed by atoms with Crippen molar-refractivity contribution in [2.75, 3.05) is 0 Å². The number of sulfone groups is 1. The van der Waals surface area contributed by atoms with Crippen molar-refractivity contribution in [3.63, 3.8) is 0 Å². The smallest absolute Gasteiger partial charge is 0.213 e. The van der Waals surface area contributed by atoms with Crippen molar-refractivity contribution in [1.29, 1.82) is 0 Å². The van der Waals surface area contributed by atoms with Crippen molar-refractivity contribution >= 4 is 65.1 Å². The minimum atomic E-state index is -3.65. The van der Waals surface area contributed by atoms with Crippen molar-refractivity contribution < 1.29 is 8.42 Å². The third-order valence-corrected chi connectivity index (χ3v) is 7.60. The summed E-state index contributed by atoms with van der Waals surface area (Å²) in [5, 5.41) is 3.22. The Morgan fingerprint density at radius 3 is 2.37 bits per heavy atom. The Balaban J connectivity index is 1.86. The lowest BCUT2D eigenvalue weighted by Gasteiger charge is -2.07. The maximum absolute atomic E-state index is 12.7. The van der Waals surface area contributed by atoms with E-state index in [1.165, 1.54) is 6.08 Å². The molecule has 3 aromatic carbocycles. The van der Waals surface area contributed by atoms with Gasteiger partial charge in [0.25, 0.3) is 0 Å². The number of benzene rings is 3. The number of hydrogen-bond donors (Lipinski definition) is 0. The standard InChI is InChI=1S/C21H13BrClNO2S/c22-19(27(25,26)17-7-2-1-3-8-17)13-16-12-15-11-10-14-6-4-5-9-18(14)20(15)24-21(16)23/h1-13H/b19-13+. The predicted molar refractivity (Wildman–Crippen MR) is 115 cm³/mol. The van der Waals surface area contributed by atoms with Crippen LogP contribution in [-0.4, -0.2) is 13.4 Å². The first-order valence-electron chi connectivity index (χ1n) is 8.12. The Morgan fingerprint density at radius 2 is 1.59 bits per heavy atom. The molecule has 0 saturated carbocycles. The fraction of sp³-hybridized carbons (Fsp3) is 0. The Bertz CT molecular complexity index is 1300. The van der Waals surface area contributed by atoms with Gasteiger partial charge in [0, 0.05) is 16.3 Å². The van der Waals surface area contributed by atoms with Gasteiger partial charge >= 0.3 is 0 Å². The van der Waals surface area contributed by atoms with E-state index < -0.39 is 9.84 Å². The second-order valence-electron chi connectivity index (χ2n) is 5.99. The molecule has 3 nitrogen and oxygen atoms in total. The summed E-state index contributed by atoms with van der Waals surface area (Å²) in [6.45, 7) is 0. The highest BCUT2D eigenvalue weighted by Crippen LogP contribution is 2.31. The molecule has 0 aliphatic carbocycles. The van der Waals surface area contributed by atoms with Gasteiger partial charge in [0.05, 0.1) is 10.4 Å². The molecule has 0 radical (unpaired) electrons. The van der Waals surface area contributed by atoms with E-state index >= 15 is 0 Å². The van der Waals surface area contributed by atoms with Crippen molar-refractivity contribution in [3.05, 3.63) is 87.3 Å². The molecule has 0 N–H and O–H groups in total. The predicted octanol–water partition coefficient (Wildman–Crippen LogP) is 6.21. The van der Waals surface area contributed by atoms with Crippen LogP contribution >= 0.6 is 27.5 Å². The molecule has 4 rings (SSSR count). The number of pyridine rings is 1. The number of hydrogen-bond acceptors (Lipinski definition) is 3. The zero-order chi connectivity index (χ0) is 19.0. The van der Waals surface area contributed by atoms with Crippen LogP contribution < -0.4 is 0 Å². The van der Waals surface area contributed by atoms with Gasteiger partial charge in [-0.3, -0.25) is 0 Å². The quantitative estimate of drug-likeness (QED) is 0.271. The largest absolute Gasteiger partial charge is 0.235 e.